The van der Waals surface area contributed by atoms with Gasteiger partial charge in [0.05, 0.1) is 0 Å². The first-order valence-electron chi connectivity index (χ1n) is 1.18. The summed E-state index contributed by atoms with van der Waals surface area (Å²) in [6, 6.07) is 0. The topological polar surface area (TPSA) is 0 Å². The van der Waals surface area contributed by atoms with Crippen molar-refractivity contribution in [1.29, 1.82) is 0 Å². The van der Waals surface area contributed by atoms with E-state index in [0.717, 1.165) is 0 Å². The minimum absolute atomic E-state index is 0.0504. The van der Waals surface area contributed by atoms with Crippen molar-refractivity contribution in [2.45, 2.75) is 13.1 Å². The Bertz CT molecular complexity index is 29.0. The Morgan fingerprint density at radius 2 is 1.50 bits per heavy atom. The predicted octanol–water partition coefficient (Wildman–Crippen LogP) is 0.784. The standard InChI is InChI=1S/C2H6Si.Ru/c1-3-2;/h1-2H3;/q;+1. The summed E-state index contributed by atoms with van der Waals surface area (Å²) in [5.74, 6) is 0. The average Bonchev–Trinajstić information content (AvgIpc) is 0.811. The van der Waals surface area contributed by atoms with Crippen molar-refractivity contribution in [3.8, 4) is 0 Å². The van der Waals surface area contributed by atoms with Crippen LogP contribution in [0.1, 0.15) is 0 Å². The Hall–Kier alpha value is 0.840. The molecule has 0 fully saturated rings. The Kier molecular flexibility index (Phi) is 2.54. The van der Waals surface area contributed by atoms with Gasteiger partial charge in [0.2, 0.25) is 0 Å². The first-order valence-corrected chi connectivity index (χ1v) is 6.14. The van der Waals surface area contributed by atoms with Gasteiger partial charge >= 0.3 is 36.8 Å². The summed E-state index contributed by atoms with van der Waals surface area (Å²) in [5.41, 5.74) is 0. The normalized spacial score (nSPS) is 6.50. The SMILES string of the molecule is C[Si](C)=[Ru+]. The van der Waals surface area contributed by atoms with Gasteiger partial charge in [-0.15, -0.1) is 0 Å². The van der Waals surface area contributed by atoms with Gasteiger partial charge < -0.3 is 0 Å². The molecule has 0 bridgehead atoms. The van der Waals surface area contributed by atoms with Crippen molar-refractivity contribution < 1.29 is 17.1 Å². The zero-order valence-corrected chi connectivity index (χ0v) is 5.59. The molecule has 0 amide bonds. The molecule has 0 rings (SSSR count). The van der Waals surface area contributed by atoms with E-state index in [1.807, 2.05) is 0 Å². The predicted molar refractivity (Wildman–Crippen MR) is 17.5 cm³/mol. The Morgan fingerprint density at radius 1 is 1.50 bits per heavy atom. The van der Waals surface area contributed by atoms with Gasteiger partial charge in [-0.3, -0.25) is 0 Å². The average molecular weight is 159 g/mol. The molecule has 0 radical (unpaired) electrons. The second-order valence-electron chi connectivity index (χ2n) is 0.854. The Morgan fingerprint density at radius 3 is 1.50 bits per heavy atom. The van der Waals surface area contributed by atoms with Gasteiger partial charge in [0.15, 0.2) is 0 Å². The molecule has 0 aromatic heterocycles. The molecule has 0 unspecified atom stereocenters. The molecule has 0 aliphatic carbocycles. The van der Waals surface area contributed by atoms with Crippen LogP contribution in [0, 0.1) is 0 Å². The van der Waals surface area contributed by atoms with Gasteiger partial charge in [0.1, 0.15) is 0 Å². The first-order chi connectivity index (χ1) is 1.73. The van der Waals surface area contributed by atoms with Crippen LogP contribution in [0.15, 0.2) is 0 Å². The van der Waals surface area contributed by atoms with Gasteiger partial charge in [-0.25, -0.2) is 0 Å². The number of rotatable bonds is 0. The number of hydrogen-bond donors (Lipinski definition) is 0. The molecule has 4 heavy (non-hydrogen) atoms. The summed E-state index contributed by atoms with van der Waals surface area (Å²) in [4.78, 5) is 0. The molecule has 0 N–H and O–H groups in total. The second kappa shape index (κ2) is 2.10. The van der Waals surface area contributed by atoms with Crippen LogP contribution in [-0.2, 0) is 17.1 Å². The molecule has 2 heteroatoms. The van der Waals surface area contributed by atoms with Crippen molar-refractivity contribution >= 4 is 6.55 Å². The Labute approximate surface area is 37.2 Å². The van der Waals surface area contributed by atoms with Crippen molar-refractivity contribution in [1.82, 2.24) is 0 Å². The van der Waals surface area contributed by atoms with E-state index in [0.29, 0.717) is 0 Å². The third-order valence-corrected chi connectivity index (χ3v) is 0. The van der Waals surface area contributed by atoms with E-state index >= 15 is 0 Å². The molecule has 0 aliphatic rings. The molecule has 0 saturated carbocycles. The van der Waals surface area contributed by atoms with Crippen LogP contribution < -0.4 is 0 Å². The zero-order chi connectivity index (χ0) is 3.58. The van der Waals surface area contributed by atoms with E-state index in [4.69, 9.17) is 0 Å². The van der Waals surface area contributed by atoms with E-state index in [2.05, 4.69) is 30.2 Å². The van der Waals surface area contributed by atoms with E-state index in [9.17, 15) is 0 Å². The van der Waals surface area contributed by atoms with E-state index in [-0.39, 0.29) is 6.55 Å². The van der Waals surface area contributed by atoms with Crippen molar-refractivity contribution in [2.24, 2.45) is 0 Å². The molecule has 0 atom stereocenters. The first kappa shape index (κ1) is 4.84. The van der Waals surface area contributed by atoms with E-state index in [1.165, 1.54) is 0 Å². The molecule has 25 valence electrons. The quantitative estimate of drug-likeness (QED) is 0.458. The second-order valence-corrected chi connectivity index (χ2v) is 7.77. The molecule has 0 aromatic carbocycles. The van der Waals surface area contributed by atoms with Crippen LogP contribution in [0.3, 0.4) is 0 Å². The molecule has 0 nitrogen and oxygen atoms in total. The molecular formula is C2H6RuSi+. The van der Waals surface area contributed by atoms with E-state index in [1.54, 1.807) is 0 Å². The van der Waals surface area contributed by atoms with Gasteiger partial charge in [0.25, 0.3) is 0 Å². The van der Waals surface area contributed by atoms with Crippen LogP contribution in [0.4, 0.5) is 0 Å². The molecule has 0 aliphatic heterocycles. The van der Waals surface area contributed by atoms with Gasteiger partial charge in [-0.1, -0.05) is 0 Å². The van der Waals surface area contributed by atoms with Crippen LogP contribution in [-0.4, -0.2) is 6.55 Å². The van der Waals surface area contributed by atoms with Crippen LogP contribution >= 0.6 is 0 Å². The summed E-state index contributed by atoms with van der Waals surface area (Å²) < 4.78 is 0. The minimum atomic E-state index is 0.0504. The van der Waals surface area contributed by atoms with Crippen LogP contribution in [0.2, 0.25) is 13.1 Å². The van der Waals surface area contributed by atoms with Crippen LogP contribution in [0.25, 0.3) is 0 Å². The fraction of sp³-hybridized carbons (Fsp3) is 1.00. The third kappa shape index (κ3) is 13.6. The van der Waals surface area contributed by atoms with Gasteiger partial charge in [-0.05, 0) is 0 Å². The summed E-state index contributed by atoms with van der Waals surface area (Å²) in [6.07, 6.45) is 0. The summed E-state index contributed by atoms with van der Waals surface area (Å²) >= 11 is 2.68. The molecule has 0 heterocycles. The third-order valence-electron chi connectivity index (χ3n) is 0. The van der Waals surface area contributed by atoms with Gasteiger partial charge in [-0.2, -0.15) is 0 Å². The van der Waals surface area contributed by atoms with Crippen LogP contribution in [0.5, 0.6) is 0 Å². The molecule has 0 saturated heterocycles. The maximum atomic E-state index is 2.68. The summed E-state index contributed by atoms with van der Waals surface area (Å²) in [6.45, 7) is 4.53. The van der Waals surface area contributed by atoms with Gasteiger partial charge in [0, 0.05) is 0 Å². The number of hydrogen-bond acceptors (Lipinski definition) is 0. The fourth-order valence-electron chi connectivity index (χ4n) is 0. The van der Waals surface area contributed by atoms with Crippen molar-refractivity contribution in [2.75, 3.05) is 0 Å². The van der Waals surface area contributed by atoms with Crippen molar-refractivity contribution in [3.63, 3.8) is 0 Å². The monoisotopic (exact) mass is 160 g/mol. The molecule has 0 spiro atoms. The Balaban J connectivity index is 2.80. The fourth-order valence-corrected chi connectivity index (χ4v) is 0. The van der Waals surface area contributed by atoms with Crippen molar-refractivity contribution in [3.05, 3.63) is 0 Å². The molecule has 0 aromatic rings. The summed E-state index contributed by atoms with van der Waals surface area (Å²) in [7, 11) is 0. The molecular weight excluding hydrogens is 153 g/mol. The summed E-state index contributed by atoms with van der Waals surface area (Å²) in [5, 5.41) is 0. The zero-order valence-electron chi connectivity index (χ0n) is 2.85. The maximum absolute atomic E-state index is 2.68. The van der Waals surface area contributed by atoms with E-state index < -0.39 is 0 Å².